The van der Waals surface area contributed by atoms with E-state index in [1.807, 2.05) is 23.6 Å². The van der Waals surface area contributed by atoms with Gasteiger partial charge in [-0.2, -0.15) is 0 Å². The van der Waals surface area contributed by atoms with E-state index in [2.05, 4.69) is 58.3 Å². The highest BCUT2D eigenvalue weighted by atomic mass is 79.9. The van der Waals surface area contributed by atoms with Gasteiger partial charge in [-0.05, 0) is 43.7 Å². The van der Waals surface area contributed by atoms with Crippen LogP contribution in [-0.4, -0.2) is 17.5 Å². The van der Waals surface area contributed by atoms with Gasteiger partial charge in [0.25, 0.3) is 5.91 Å². The van der Waals surface area contributed by atoms with Crippen molar-refractivity contribution in [1.82, 2.24) is 4.98 Å². The van der Waals surface area contributed by atoms with Gasteiger partial charge >= 0.3 is 0 Å². The van der Waals surface area contributed by atoms with Crippen molar-refractivity contribution in [3.8, 4) is 17.0 Å². The first-order chi connectivity index (χ1) is 12.0. The van der Waals surface area contributed by atoms with Crippen LogP contribution in [0, 0.1) is 13.8 Å². The van der Waals surface area contributed by atoms with E-state index in [1.54, 1.807) is 6.07 Å². The molecule has 6 heteroatoms. The number of aryl methyl sites for hydroxylation is 2. The number of carbonyl (C=O) groups excluding carboxylic acids is 1. The molecule has 0 saturated carbocycles. The average Bonchev–Trinajstić information content (AvgIpc) is 3.03. The highest BCUT2D eigenvalue weighted by molar-refractivity contribution is 9.10. The van der Waals surface area contributed by atoms with Gasteiger partial charge in [0, 0.05) is 15.4 Å². The summed E-state index contributed by atoms with van der Waals surface area (Å²) in [6.45, 7) is 4.05. The monoisotopic (exact) mass is 416 g/mol. The first-order valence-corrected chi connectivity index (χ1v) is 9.40. The number of anilines is 1. The number of rotatable bonds is 5. The fourth-order valence-corrected chi connectivity index (χ4v) is 3.43. The molecular weight excluding hydrogens is 400 g/mol. The summed E-state index contributed by atoms with van der Waals surface area (Å²) in [5.74, 6) is 0.404. The van der Waals surface area contributed by atoms with Gasteiger partial charge < -0.3 is 4.74 Å². The van der Waals surface area contributed by atoms with E-state index in [0.717, 1.165) is 21.3 Å². The molecule has 1 aromatic heterocycles. The number of nitrogens with one attached hydrogen (secondary N) is 1. The molecule has 0 aliphatic rings. The zero-order chi connectivity index (χ0) is 17.8. The van der Waals surface area contributed by atoms with Crippen molar-refractivity contribution in [3.63, 3.8) is 0 Å². The SMILES string of the molecule is Cc1ccc(C)c(-c2csc(NC(=O)COc3cccc(Br)c3)n2)c1. The van der Waals surface area contributed by atoms with E-state index in [4.69, 9.17) is 4.74 Å². The fourth-order valence-electron chi connectivity index (χ4n) is 2.33. The maximum atomic E-state index is 12.1. The molecule has 3 aromatic rings. The normalized spacial score (nSPS) is 10.5. The molecule has 0 fully saturated rings. The summed E-state index contributed by atoms with van der Waals surface area (Å²) in [7, 11) is 0. The molecule has 1 amide bonds. The van der Waals surface area contributed by atoms with Crippen molar-refractivity contribution in [2.75, 3.05) is 11.9 Å². The van der Waals surface area contributed by atoms with Crippen molar-refractivity contribution in [2.24, 2.45) is 0 Å². The van der Waals surface area contributed by atoms with Crippen LogP contribution in [0.2, 0.25) is 0 Å². The van der Waals surface area contributed by atoms with Gasteiger partial charge in [-0.15, -0.1) is 11.3 Å². The van der Waals surface area contributed by atoms with Crippen LogP contribution in [0.1, 0.15) is 11.1 Å². The van der Waals surface area contributed by atoms with Crippen LogP contribution in [-0.2, 0) is 4.79 Å². The molecule has 25 heavy (non-hydrogen) atoms. The van der Waals surface area contributed by atoms with Gasteiger partial charge in [0.2, 0.25) is 0 Å². The minimum atomic E-state index is -0.234. The Labute approximate surface area is 159 Å². The Bertz CT molecular complexity index is 908. The Morgan fingerprint density at radius 2 is 2.08 bits per heavy atom. The van der Waals surface area contributed by atoms with E-state index < -0.39 is 0 Å². The number of nitrogens with zero attached hydrogens (tertiary/aromatic N) is 1. The van der Waals surface area contributed by atoms with E-state index >= 15 is 0 Å². The lowest BCUT2D eigenvalue weighted by molar-refractivity contribution is -0.118. The lowest BCUT2D eigenvalue weighted by Crippen LogP contribution is -2.20. The maximum absolute atomic E-state index is 12.1. The number of thiazole rings is 1. The first kappa shape index (κ1) is 17.6. The summed E-state index contributed by atoms with van der Waals surface area (Å²) >= 11 is 4.78. The molecule has 0 radical (unpaired) electrons. The van der Waals surface area contributed by atoms with Gasteiger partial charge in [0.1, 0.15) is 5.75 Å². The molecule has 0 aliphatic heterocycles. The average molecular weight is 417 g/mol. The lowest BCUT2D eigenvalue weighted by Gasteiger charge is -2.06. The highest BCUT2D eigenvalue weighted by Crippen LogP contribution is 2.28. The van der Waals surface area contributed by atoms with Crippen LogP contribution in [0.15, 0.2) is 52.3 Å². The number of halogens is 1. The summed E-state index contributed by atoms with van der Waals surface area (Å²) in [5.41, 5.74) is 4.30. The third-order valence-corrected chi connectivity index (χ3v) is 4.84. The molecule has 0 saturated heterocycles. The second kappa shape index (κ2) is 7.80. The largest absolute Gasteiger partial charge is 0.484 e. The van der Waals surface area contributed by atoms with Crippen LogP contribution in [0.5, 0.6) is 5.75 Å². The summed E-state index contributed by atoms with van der Waals surface area (Å²) in [6, 6.07) is 13.6. The minimum absolute atomic E-state index is 0.0607. The number of hydrogen-bond acceptors (Lipinski definition) is 4. The highest BCUT2D eigenvalue weighted by Gasteiger charge is 2.10. The zero-order valence-electron chi connectivity index (χ0n) is 13.9. The smallest absolute Gasteiger partial charge is 0.264 e. The summed E-state index contributed by atoms with van der Waals surface area (Å²) in [6.07, 6.45) is 0. The fraction of sp³-hybridized carbons (Fsp3) is 0.158. The number of carbonyl (C=O) groups is 1. The van der Waals surface area contributed by atoms with Crippen molar-refractivity contribution >= 4 is 38.3 Å². The Balaban J connectivity index is 1.63. The quantitative estimate of drug-likeness (QED) is 0.620. The third-order valence-electron chi connectivity index (χ3n) is 3.59. The number of ether oxygens (including phenoxy) is 1. The number of aromatic nitrogens is 1. The van der Waals surface area contributed by atoms with Crippen LogP contribution < -0.4 is 10.1 Å². The van der Waals surface area contributed by atoms with Gasteiger partial charge in [0.15, 0.2) is 11.7 Å². The topological polar surface area (TPSA) is 51.2 Å². The molecule has 0 spiro atoms. The molecule has 0 unspecified atom stereocenters. The summed E-state index contributed by atoms with van der Waals surface area (Å²) < 4.78 is 6.39. The van der Waals surface area contributed by atoms with Crippen molar-refractivity contribution in [3.05, 3.63) is 63.4 Å². The minimum Gasteiger partial charge on any atom is -0.484 e. The zero-order valence-corrected chi connectivity index (χ0v) is 16.3. The summed E-state index contributed by atoms with van der Waals surface area (Å²) in [4.78, 5) is 16.6. The second-order valence-electron chi connectivity index (χ2n) is 5.65. The van der Waals surface area contributed by atoms with Gasteiger partial charge in [-0.1, -0.05) is 39.7 Å². The number of amides is 1. The van der Waals surface area contributed by atoms with Crippen molar-refractivity contribution in [2.45, 2.75) is 13.8 Å². The molecule has 2 aromatic carbocycles. The summed E-state index contributed by atoms with van der Waals surface area (Å²) in [5, 5.41) is 5.30. The van der Waals surface area contributed by atoms with Gasteiger partial charge in [-0.3, -0.25) is 10.1 Å². The Morgan fingerprint density at radius 3 is 2.88 bits per heavy atom. The van der Waals surface area contributed by atoms with E-state index in [0.29, 0.717) is 10.9 Å². The predicted octanol–water partition coefficient (Wildman–Crippen LogP) is 5.21. The lowest BCUT2D eigenvalue weighted by atomic mass is 10.0. The second-order valence-corrected chi connectivity index (χ2v) is 7.42. The molecule has 0 bridgehead atoms. The number of hydrogen-bond donors (Lipinski definition) is 1. The molecule has 1 heterocycles. The van der Waals surface area contributed by atoms with Crippen LogP contribution in [0.25, 0.3) is 11.3 Å². The maximum Gasteiger partial charge on any atom is 0.264 e. The first-order valence-electron chi connectivity index (χ1n) is 7.72. The van der Waals surface area contributed by atoms with Gasteiger partial charge in [0.05, 0.1) is 5.69 Å². The van der Waals surface area contributed by atoms with E-state index in [-0.39, 0.29) is 12.5 Å². The standard InChI is InChI=1S/C19H17BrN2O2S/c1-12-6-7-13(2)16(8-12)17-11-25-19(21-17)22-18(23)10-24-15-5-3-4-14(20)9-15/h3-9,11H,10H2,1-2H3,(H,21,22,23). The van der Waals surface area contributed by atoms with E-state index in [1.165, 1.54) is 16.9 Å². The Kier molecular flexibility index (Phi) is 5.50. The van der Waals surface area contributed by atoms with Crippen molar-refractivity contribution in [1.29, 1.82) is 0 Å². The molecule has 3 rings (SSSR count). The predicted molar refractivity (Wildman–Crippen MR) is 105 cm³/mol. The molecule has 128 valence electrons. The van der Waals surface area contributed by atoms with Crippen LogP contribution >= 0.6 is 27.3 Å². The molecule has 0 atom stereocenters. The van der Waals surface area contributed by atoms with Crippen molar-refractivity contribution < 1.29 is 9.53 Å². The molecular formula is C19H17BrN2O2S. The molecule has 1 N–H and O–H groups in total. The van der Waals surface area contributed by atoms with Gasteiger partial charge in [-0.25, -0.2) is 4.98 Å². The third kappa shape index (κ3) is 4.67. The molecule has 0 aliphatic carbocycles. The number of benzene rings is 2. The Hall–Kier alpha value is -2.18. The molecule has 4 nitrogen and oxygen atoms in total. The van der Waals surface area contributed by atoms with Crippen LogP contribution in [0.3, 0.4) is 0 Å². The Morgan fingerprint density at radius 1 is 1.24 bits per heavy atom. The van der Waals surface area contributed by atoms with Crippen LogP contribution in [0.4, 0.5) is 5.13 Å². The van der Waals surface area contributed by atoms with E-state index in [9.17, 15) is 4.79 Å².